The Morgan fingerprint density at radius 2 is 2.18 bits per heavy atom. The minimum Gasteiger partial charge on any atom is -0.319 e. The number of imide groups is 1. The number of nitrogens with one attached hydrogen (secondary N) is 1. The summed E-state index contributed by atoms with van der Waals surface area (Å²) in [7, 11) is 0. The number of thioether (sulfide) groups is 1. The first kappa shape index (κ1) is 12.4. The standard InChI is InChI=1S/C11H16N2O3S/c1-11(2)10(16)12-8(14)5-13(11)9(15)7-3-4-17-6-7/h7H,3-6H2,1-2H3,(H,12,14,16). The van der Waals surface area contributed by atoms with Crippen molar-refractivity contribution >= 4 is 29.5 Å². The first-order chi connectivity index (χ1) is 7.93. The zero-order valence-corrected chi connectivity index (χ0v) is 10.8. The van der Waals surface area contributed by atoms with Gasteiger partial charge in [-0.05, 0) is 26.0 Å². The second-order valence-electron chi connectivity index (χ2n) is 4.92. The van der Waals surface area contributed by atoms with Crippen LogP contribution in [0, 0.1) is 5.92 Å². The normalized spacial score (nSPS) is 28.1. The van der Waals surface area contributed by atoms with Gasteiger partial charge in [0.15, 0.2) is 0 Å². The van der Waals surface area contributed by atoms with Gasteiger partial charge in [0.1, 0.15) is 12.1 Å². The van der Waals surface area contributed by atoms with Crippen LogP contribution in [0.3, 0.4) is 0 Å². The van der Waals surface area contributed by atoms with Crippen molar-refractivity contribution in [1.82, 2.24) is 10.2 Å². The van der Waals surface area contributed by atoms with Gasteiger partial charge in [-0.25, -0.2) is 0 Å². The molecule has 1 atom stereocenters. The SMILES string of the molecule is CC1(C)C(=O)NC(=O)CN1C(=O)C1CCSC1. The molecule has 0 aliphatic carbocycles. The van der Waals surface area contributed by atoms with E-state index in [4.69, 9.17) is 0 Å². The molecule has 1 unspecified atom stereocenters. The summed E-state index contributed by atoms with van der Waals surface area (Å²) >= 11 is 1.74. The molecular formula is C11H16N2O3S. The molecule has 2 aliphatic heterocycles. The monoisotopic (exact) mass is 256 g/mol. The van der Waals surface area contributed by atoms with Crippen LogP contribution < -0.4 is 5.32 Å². The van der Waals surface area contributed by atoms with E-state index in [0.717, 1.165) is 17.9 Å². The van der Waals surface area contributed by atoms with Crippen molar-refractivity contribution in [2.75, 3.05) is 18.1 Å². The van der Waals surface area contributed by atoms with E-state index in [0.29, 0.717) is 0 Å². The Bertz CT molecular complexity index is 375. The van der Waals surface area contributed by atoms with Gasteiger partial charge < -0.3 is 4.90 Å². The van der Waals surface area contributed by atoms with Crippen molar-refractivity contribution in [3.05, 3.63) is 0 Å². The van der Waals surface area contributed by atoms with E-state index in [2.05, 4.69) is 5.32 Å². The third-order valence-electron chi connectivity index (χ3n) is 3.33. The molecule has 0 saturated carbocycles. The van der Waals surface area contributed by atoms with Crippen LogP contribution in [0.1, 0.15) is 20.3 Å². The van der Waals surface area contributed by atoms with Gasteiger partial charge in [0.05, 0.1) is 0 Å². The third kappa shape index (κ3) is 2.18. The lowest BCUT2D eigenvalue weighted by molar-refractivity contribution is -0.157. The molecule has 0 aromatic carbocycles. The maximum Gasteiger partial charge on any atom is 0.252 e. The van der Waals surface area contributed by atoms with Crippen molar-refractivity contribution < 1.29 is 14.4 Å². The molecule has 0 aromatic heterocycles. The zero-order valence-electron chi connectivity index (χ0n) is 9.99. The van der Waals surface area contributed by atoms with Crippen molar-refractivity contribution in [3.63, 3.8) is 0 Å². The molecular weight excluding hydrogens is 240 g/mol. The summed E-state index contributed by atoms with van der Waals surface area (Å²) in [6, 6.07) is 0. The molecule has 1 N–H and O–H groups in total. The topological polar surface area (TPSA) is 66.5 Å². The highest BCUT2D eigenvalue weighted by Gasteiger charge is 2.45. The summed E-state index contributed by atoms with van der Waals surface area (Å²) in [5.41, 5.74) is -0.932. The Morgan fingerprint density at radius 1 is 1.47 bits per heavy atom. The molecule has 0 aromatic rings. The zero-order chi connectivity index (χ0) is 12.6. The van der Waals surface area contributed by atoms with Crippen LogP contribution in [0.2, 0.25) is 0 Å². The van der Waals surface area contributed by atoms with E-state index in [1.54, 1.807) is 25.6 Å². The molecule has 2 aliphatic rings. The molecule has 2 saturated heterocycles. The van der Waals surface area contributed by atoms with Crippen LogP contribution in [-0.4, -0.2) is 46.2 Å². The number of hydrogen-bond donors (Lipinski definition) is 1. The molecule has 94 valence electrons. The Balaban J connectivity index is 2.19. The molecule has 17 heavy (non-hydrogen) atoms. The van der Waals surface area contributed by atoms with Crippen LogP contribution in [0.15, 0.2) is 0 Å². The minimum atomic E-state index is -0.932. The van der Waals surface area contributed by atoms with Gasteiger partial charge >= 0.3 is 0 Å². The number of amides is 3. The van der Waals surface area contributed by atoms with Crippen LogP contribution in [0.4, 0.5) is 0 Å². The van der Waals surface area contributed by atoms with E-state index in [-0.39, 0.29) is 18.4 Å². The van der Waals surface area contributed by atoms with Crippen LogP contribution >= 0.6 is 11.8 Å². The van der Waals surface area contributed by atoms with Gasteiger partial charge in [-0.3, -0.25) is 19.7 Å². The largest absolute Gasteiger partial charge is 0.319 e. The van der Waals surface area contributed by atoms with Gasteiger partial charge in [-0.1, -0.05) is 0 Å². The quantitative estimate of drug-likeness (QED) is 0.671. The van der Waals surface area contributed by atoms with Gasteiger partial charge in [-0.2, -0.15) is 11.8 Å². The summed E-state index contributed by atoms with van der Waals surface area (Å²) < 4.78 is 0. The fourth-order valence-electron chi connectivity index (χ4n) is 2.09. The highest BCUT2D eigenvalue weighted by atomic mass is 32.2. The van der Waals surface area contributed by atoms with Crippen LogP contribution in [0.5, 0.6) is 0 Å². The highest BCUT2D eigenvalue weighted by molar-refractivity contribution is 7.99. The van der Waals surface area contributed by atoms with E-state index in [1.165, 1.54) is 4.90 Å². The molecule has 2 heterocycles. The van der Waals surface area contributed by atoms with Gasteiger partial charge in [-0.15, -0.1) is 0 Å². The van der Waals surface area contributed by atoms with Crippen molar-refractivity contribution in [1.29, 1.82) is 0 Å². The fourth-order valence-corrected chi connectivity index (χ4v) is 3.30. The highest BCUT2D eigenvalue weighted by Crippen LogP contribution is 2.28. The first-order valence-corrected chi connectivity index (χ1v) is 6.82. The molecule has 0 bridgehead atoms. The molecule has 0 radical (unpaired) electrons. The Morgan fingerprint density at radius 3 is 2.76 bits per heavy atom. The second-order valence-corrected chi connectivity index (χ2v) is 6.07. The predicted octanol–water partition coefficient (Wildman–Crippen LogP) is 0.00310. The molecule has 6 heteroatoms. The number of carbonyl (C=O) groups is 3. The number of piperazine rings is 1. The lowest BCUT2D eigenvalue weighted by Crippen LogP contribution is -2.66. The van der Waals surface area contributed by atoms with Gasteiger partial charge in [0, 0.05) is 11.7 Å². The van der Waals surface area contributed by atoms with E-state index >= 15 is 0 Å². The summed E-state index contributed by atoms with van der Waals surface area (Å²) in [4.78, 5) is 36.8. The predicted molar refractivity (Wildman–Crippen MR) is 64.4 cm³/mol. The number of hydrogen-bond acceptors (Lipinski definition) is 4. The van der Waals surface area contributed by atoms with Crippen molar-refractivity contribution in [2.24, 2.45) is 5.92 Å². The second kappa shape index (κ2) is 4.33. The Labute approximate surface area is 104 Å². The number of nitrogens with zero attached hydrogens (tertiary/aromatic N) is 1. The smallest absolute Gasteiger partial charge is 0.252 e. The number of carbonyl (C=O) groups excluding carboxylic acids is 3. The van der Waals surface area contributed by atoms with Gasteiger partial charge in [0.2, 0.25) is 11.8 Å². The Kier molecular flexibility index (Phi) is 3.16. The van der Waals surface area contributed by atoms with Crippen LogP contribution in [0.25, 0.3) is 0 Å². The summed E-state index contributed by atoms with van der Waals surface area (Å²) in [6.07, 6.45) is 0.839. The van der Waals surface area contributed by atoms with E-state index in [1.807, 2.05) is 0 Å². The Hall–Kier alpha value is -1.04. The number of rotatable bonds is 1. The third-order valence-corrected chi connectivity index (χ3v) is 4.49. The minimum absolute atomic E-state index is 0.0151. The molecule has 5 nitrogen and oxygen atoms in total. The lowest BCUT2D eigenvalue weighted by atomic mass is 9.95. The van der Waals surface area contributed by atoms with E-state index in [9.17, 15) is 14.4 Å². The fraction of sp³-hybridized carbons (Fsp3) is 0.727. The molecule has 2 rings (SSSR count). The lowest BCUT2D eigenvalue weighted by Gasteiger charge is -2.41. The van der Waals surface area contributed by atoms with Crippen molar-refractivity contribution in [2.45, 2.75) is 25.8 Å². The van der Waals surface area contributed by atoms with E-state index < -0.39 is 17.4 Å². The summed E-state index contributed by atoms with van der Waals surface area (Å²) in [5, 5.41) is 2.27. The molecule has 2 fully saturated rings. The summed E-state index contributed by atoms with van der Waals surface area (Å²) in [6.45, 7) is 3.34. The average molecular weight is 256 g/mol. The van der Waals surface area contributed by atoms with Crippen LogP contribution in [-0.2, 0) is 14.4 Å². The maximum absolute atomic E-state index is 12.3. The van der Waals surface area contributed by atoms with Gasteiger partial charge in [0.25, 0.3) is 5.91 Å². The molecule has 0 spiro atoms. The summed E-state index contributed by atoms with van der Waals surface area (Å²) in [5.74, 6) is 0.869. The first-order valence-electron chi connectivity index (χ1n) is 5.66. The average Bonchev–Trinajstić information content (AvgIpc) is 2.76. The maximum atomic E-state index is 12.3. The van der Waals surface area contributed by atoms with Crippen molar-refractivity contribution in [3.8, 4) is 0 Å². The molecule has 3 amide bonds.